The van der Waals surface area contributed by atoms with Crippen LogP contribution in [0, 0.1) is 0 Å². The van der Waals surface area contributed by atoms with Gasteiger partial charge in [-0.1, -0.05) is 15.9 Å². The quantitative estimate of drug-likeness (QED) is 0.918. The lowest BCUT2D eigenvalue weighted by atomic mass is 10.2. The highest BCUT2D eigenvalue weighted by Gasteiger charge is 2.29. The van der Waals surface area contributed by atoms with E-state index in [0.717, 1.165) is 4.47 Å². The van der Waals surface area contributed by atoms with Crippen molar-refractivity contribution in [1.29, 1.82) is 0 Å². The van der Waals surface area contributed by atoms with Crippen LogP contribution in [0.15, 0.2) is 28.7 Å². The van der Waals surface area contributed by atoms with E-state index in [9.17, 15) is 9.59 Å². The van der Waals surface area contributed by atoms with E-state index in [1.165, 1.54) is 0 Å². The first-order valence-electron chi connectivity index (χ1n) is 5.98. The number of benzene rings is 1. The second-order valence-corrected chi connectivity index (χ2v) is 5.29. The third-order valence-electron chi connectivity index (χ3n) is 2.90. The Labute approximate surface area is 120 Å². The average molecular weight is 327 g/mol. The lowest BCUT2D eigenvalue weighted by Gasteiger charge is -2.29. The van der Waals surface area contributed by atoms with Crippen molar-refractivity contribution < 1.29 is 14.3 Å². The summed E-state index contributed by atoms with van der Waals surface area (Å²) in [6, 6.07) is 7.26. The van der Waals surface area contributed by atoms with Crippen molar-refractivity contribution in [3.05, 3.63) is 28.7 Å². The molecule has 0 saturated carbocycles. The maximum atomic E-state index is 11.8. The summed E-state index contributed by atoms with van der Waals surface area (Å²) in [5.41, 5.74) is 0.699. The number of hydrogen-bond donors (Lipinski definition) is 1. The van der Waals surface area contributed by atoms with Gasteiger partial charge < -0.3 is 15.0 Å². The van der Waals surface area contributed by atoms with Gasteiger partial charge in [-0.05, 0) is 24.3 Å². The molecule has 1 fully saturated rings. The molecule has 1 N–H and O–H groups in total. The van der Waals surface area contributed by atoms with Gasteiger partial charge in [0.05, 0.1) is 13.0 Å². The van der Waals surface area contributed by atoms with Crippen molar-refractivity contribution in [2.75, 3.05) is 25.5 Å². The van der Waals surface area contributed by atoms with Crippen molar-refractivity contribution in [3.8, 4) is 0 Å². The third-order valence-corrected chi connectivity index (χ3v) is 3.42. The highest BCUT2D eigenvalue weighted by Crippen LogP contribution is 2.15. The van der Waals surface area contributed by atoms with Crippen LogP contribution < -0.4 is 5.32 Å². The number of carbonyl (C=O) groups excluding carboxylic acids is 2. The fourth-order valence-corrected chi connectivity index (χ4v) is 2.08. The van der Waals surface area contributed by atoms with Gasteiger partial charge in [0.2, 0.25) is 5.91 Å². The highest BCUT2D eigenvalue weighted by atomic mass is 79.9. The van der Waals surface area contributed by atoms with E-state index in [1.807, 2.05) is 12.1 Å². The van der Waals surface area contributed by atoms with Crippen LogP contribution in [0.4, 0.5) is 5.69 Å². The van der Waals surface area contributed by atoms with Gasteiger partial charge in [0, 0.05) is 23.8 Å². The molecule has 1 heterocycles. The highest BCUT2D eigenvalue weighted by molar-refractivity contribution is 9.10. The summed E-state index contributed by atoms with van der Waals surface area (Å²) in [6.45, 7) is 1.04. The Hall–Kier alpha value is -1.40. The first-order chi connectivity index (χ1) is 9.06. The van der Waals surface area contributed by atoms with E-state index in [1.54, 1.807) is 24.1 Å². The summed E-state index contributed by atoms with van der Waals surface area (Å²) in [5, 5.41) is 2.74. The molecule has 2 rings (SSSR count). The van der Waals surface area contributed by atoms with Gasteiger partial charge in [-0.3, -0.25) is 9.59 Å². The van der Waals surface area contributed by atoms with Crippen LogP contribution in [0.5, 0.6) is 0 Å². The summed E-state index contributed by atoms with van der Waals surface area (Å²) in [5.74, 6) is -0.367. The number of likely N-dealkylation sites (N-methyl/N-ethyl adjacent to an activating group) is 1. The summed E-state index contributed by atoms with van der Waals surface area (Å²) in [7, 11) is 1.71. The fraction of sp³-hybridized carbons (Fsp3) is 0.385. The average Bonchev–Trinajstić information content (AvgIpc) is 2.38. The number of carbonyl (C=O) groups is 2. The molecule has 1 aromatic rings. The van der Waals surface area contributed by atoms with E-state index < -0.39 is 6.10 Å². The van der Waals surface area contributed by atoms with Gasteiger partial charge in [-0.15, -0.1) is 0 Å². The molecule has 2 amide bonds. The minimum absolute atomic E-state index is 0.0409. The third kappa shape index (κ3) is 3.78. The number of nitrogens with one attached hydrogen (secondary N) is 1. The van der Waals surface area contributed by atoms with Crippen molar-refractivity contribution in [3.63, 3.8) is 0 Å². The summed E-state index contributed by atoms with van der Waals surface area (Å²) in [6.07, 6.45) is -0.631. The van der Waals surface area contributed by atoms with Crippen LogP contribution >= 0.6 is 15.9 Å². The van der Waals surface area contributed by atoms with Crippen molar-refractivity contribution in [1.82, 2.24) is 4.90 Å². The lowest BCUT2D eigenvalue weighted by molar-refractivity contribution is -0.153. The van der Waals surface area contributed by atoms with Gasteiger partial charge in [0.1, 0.15) is 6.10 Å². The molecule has 0 aliphatic carbocycles. The number of anilines is 1. The number of halogens is 1. The van der Waals surface area contributed by atoms with Gasteiger partial charge >= 0.3 is 0 Å². The van der Waals surface area contributed by atoms with Crippen LogP contribution in [0.25, 0.3) is 0 Å². The van der Waals surface area contributed by atoms with E-state index >= 15 is 0 Å². The monoisotopic (exact) mass is 326 g/mol. The standard InChI is InChI=1S/C13H15BrN2O3/c1-16-6-7-19-11(13(16)18)8-12(17)15-10-4-2-9(14)3-5-10/h2-5,11H,6-8H2,1H3,(H,15,17). The number of nitrogens with zero attached hydrogens (tertiary/aromatic N) is 1. The molecule has 6 heteroatoms. The molecule has 1 atom stereocenters. The maximum absolute atomic E-state index is 11.8. The number of morpholine rings is 1. The molecule has 0 aromatic heterocycles. The molecular formula is C13H15BrN2O3. The minimum Gasteiger partial charge on any atom is -0.366 e. The molecule has 102 valence electrons. The Kier molecular flexibility index (Phi) is 4.55. The molecule has 0 radical (unpaired) electrons. The summed E-state index contributed by atoms with van der Waals surface area (Å²) < 4.78 is 6.27. The molecule has 1 aliphatic rings. The Morgan fingerprint density at radius 1 is 1.47 bits per heavy atom. The van der Waals surface area contributed by atoms with E-state index in [0.29, 0.717) is 18.8 Å². The van der Waals surface area contributed by atoms with Crippen LogP contribution in [0.1, 0.15) is 6.42 Å². The van der Waals surface area contributed by atoms with Crippen LogP contribution in [-0.2, 0) is 14.3 Å². The second-order valence-electron chi connectivity index (χ2n) is 4.38. The van der Waals surface area contributed by atoms with Crippen LogP contribution in [-0.4, -0.2) is 43.0 Å². The van der Waals surface area contributed by atoms with Crippen LogP contribution in [0.2, 0.25) is 0 Å². The SMILES string of the molecule is CN1CCOC(CC(=O)Nc2ccc(Br)cc2)C1=O. The zero-order chi connectivity index (χ0) is 13.8. The molecule has 5 nitrogen and oxygen atoms in total. The molecule has 1 unspecified atom stereocenters. The second kappa shape index (κ2) is 6.16. The van der Waals surface area contributed by atoms with Gasteiger partial charge in [0.15, 0.2) is 0 Å². The van der Waals surface area contributed by atoms with Crippen molar-refractivity contribution in [2.45, 2.75) is 12.5 Å². The van der Waals surface area contributed by atoms with E-state index in [4.69, 9.17) is 4.74 Å². The first kappa shape index (κ1) is 14.0. The number of hydrogen-bond acceptors (Lipinski definition) is 3. The van der Waals surface area contributed by atoms with Gasteiger partial charge in [-0.2, -0.15) is 0 Å². The molecule has 0 spiro atoms. The number of amides is 2. The van der Waals surface area contributed by atoms with Crippen LogP contribution in [0.3, 0.4) is 0 Å². The Balaban J connectivity index is 1.90. The smallest absolute Gasteiger partial charge is 0.252 e. The first-order valence-corrected chi connectivity index (χ1v) is 6.77. The Morgan fingerprint density at radius 3 is 2.84 bits per heavy atom. The van der Waals surface area contributed by atoms with E-state index in [2.05, 4.69) is 21.2 Å². The lowest BCUT2D eigenvalue weighted by Crippen LogP contribution is -2.46. The molecule has 1 aromatic carbocycles. The van der Waals surface area contributed by atoms with Crippen molar-refractivity contribution >= 4 is 33.4 Å². The molecule has 1 aliphatic heterocycles. The topological polar surface area (TPSA) is 58.6 Å². The largest absolute Gasteiger partial charge is 0.366 e. The maximum Gasteiger partial charge on any atom is 0.252 e. The molecule has 19 heavy (non-hydrogen) atoms. The minimum atomic E-state index is -0.672. The zero-order valence-corrected chi connectivity index (χ0v) is 12.1. The Morgan fingerprint density at radius 2 is 2.16 bits per heavy atom. The molecule has 0 bridgehead atoms. The van der Waals surface area contributed by atoms with E-state index in [-0.39, 0.29) is 18.2 Å². The predicted molar refractivity (Wildman–Crippen MR) is 74.8 cm³/mol. The summed E-state index contributed by atoms with van der Waals surface area (Å²) in [4.78, 5) is 25.2. The fourth-order valence-electron chi connectivity index (χ4n) is 1.82. The van der Waals surface area contributed by atoms with Gasteiger partial charge in [-0.25, -0.2) is 0 Å². The number of rotatable bonds is 3. The zero-order valence-electron chi connectivity index (χ0n) is 10.6. The normalized spacial score (nSPS) is 19.4. The summed E-state index contributed by atoms with van der Waals surface area (Å²) >= 11 is 3.32. The van der Waals surface area contributed by atoms with Crippen molar-refractivity contribution in [2.24, 2.45) is 0 Å². The molecule has 1 saturated heterocycles. The van der Waals surface area contributed by atoms with Gasteiger partial charge in [0.25, 0.3) is 5.91 Å². The Bertz CT molecular complexity index is 475. The predicted octanol–water partition coefficient (Wildman–Crippen LogP) is 1.63. The molecular weight excluding hydrogens is 312 g/mol. The number of ether oxygens (including phenoxy) is 1.